The first kappa shape index (κ1) is 28.4. The van der Waals surface area contributed by atoms with Crippen molar-refractivity contribution in [3.05, 3.63) is 54.1 Å². The highest BCUT2D eigenvalue weighted by Gasteiger charge is 2.34. The lowest BCUT2D eigenvalue weighted by Crippen LogP contribution is -2.50. The Labute approximate surface area is 230 Å². The van der Waals surface area contributed by atoms with Gasteiger partial charge < -0.3 is 30.3 Å². The molecule has 0 saturated heterocycles. The Bertz CT molecular complexity index is 1150. The van der Waals surface area contributed by atoms with Crippen molar-refractivity contribution in [3.63, 3.8) is 0 Å². The predicted octanol–water partition coefficient (Wildman–Crippen LogP) is 4.59. The minimum Gasteiger partial charge on any atom is -0.487 e. The number of nitrogens with zero attached hydrogens (tertiary/aromatic N) is 2. The van der Waals surface area contributed by atoms with Crippen LogP contribution in [0, 0.1) is 11.8 Å². The zero-order valence-electron chi connectivity index (χ0n) is 23.1. The van der Waals surface area contributed by atoms with Gasteiger partial charge in [0.15, 0.2) is 0 Å². The number of rotatable bonds is 7. The molecule has 1 aliphatic carbocycles. The van der Waals surface area contributed by atoms with E-state index in [2.05, 4.69) is 10.6 Å². The Balaban J connectivity index is 1.56. The number of carbonyl (C=O) groups excluding carboxylic acids is 3. The number of urea groups is 1. The summed E-state index contributed by atoms with van der Waals surface area (Å²) < 4.78 is 6.38. The molecule has 9 nitrogen and oxygen atoms in total. The molecular weight excluding hydrogens is 496 g/mol. The molecule has 9 heteroatoms. The molecule has 1 fully saturated rings. The fourth-order valence-electron chi connectivity index (χ4n) is 5.22. The Morgan fingerprint density at radius 1 is 1.08 bits per heavy atom. The number of aliphatic hydroxyl groups is 1. The van der Waals surface area contributed by atoms with Gasteiger partial charge in [0.1, 0.15) is 11.9 Å². The summed E-state index contributed by atoms with van der Waals surface area (Å²) in [6.07, 6.45) is 4.62. The molecule has 2 aliphatic rings. The van der Waals surface area contributed by atoms with Crippen LogP contribution < -0.4 is 15.4 Å². The summed E-state index contributed by atoms with van der Waals surface area (Å²) >= 11 is 0. The van der Waals surface area contributed by atoms with Gasteiger partial charge in [-0.1, -0.05) is 44.4 Å². The van der Waals surface area contributed by atoms with Gasteiger partial charge in [-0.3, -0.25) is 9.59 Å². The highest BCUT2D eigenvalue weighted by Crippen LogP contribution is 2.32. The fourth-order valence-corrected chi connectivity index (χ4v) is 5.22. The minimum atomic E-state index is -0.417. The van der Waals surface area contributed by atoms with Gasteiger partial charge in [0.05, 0.1) is 24.8 Å². The van der Waals surface area contributed by atoms with E-state index in [0.29, 0.717) is 29.2 Å². The van der Waals surface area contributed by atoms with E-state index in [1.807, 2.05) is 37.3 Å². The maximum atomic E-state index is 13.7. The summed E-state index contributed by atoms with van der Waals surface area (Å²) in [5.74, 6) is -0.0396. The smallest absolute Gasteiger partial charge is 0.321 e. The number of hydrogen-bond donors (Lipinski definition) is 3. The second kappa shape index (κ2) is 13.0. The number of likely N-dealkylation sites (N-methyl/N-ethyl adjacent to an activating group) is 1. The maximum Gasteiger partial charge on any atom is 0.321 e. The maximum absolute atomic E-state index is 13.7. The Kier molecular flexibility index (Phi) is 9.45. The molecule has 0 spiro atoms. The summed E-state index contributed by atoms with van der Waals surface area (Å²) in [5.41, 5.74) is 1.56. The molecule has 39 heavy (non-hydrogen) atoms. The van der Waals surface area contributed by atoms with E-state index in [1.54, 1.807) is 42.0 Å². The molecule has 3 atom stereocenters. The number of benzene rings is 2. The van der Waals surface area contributed by atoms with E-state index < -0.39 is 12.1 Å². The molecule has 2 aromatic carbocycles. The number of carbonyl (C=O) groups is 3. The standard InChI is InChI=1S/C30H40N4O5/c1-20-17-34(21(2)19-35)29(37)25-16-24(31-28(36)22-10-6-4-7-11-22)14-15-26(25)39-27(20)18-33(3)30(38)32-23-12-8-5-9-13-23/h5,8-9,12-16,20-22,27,35H,4,6-7,10-11,17-19H2,1-3H3,(H,31,36)(H,32,38)/t20-,21+,27+/m1/s1. The number of anilines is 2. The lowest BCUT2D eigenvalue weighted by molar-refractivity contribution is -0.120. The topological polar surface area (TPSA) is 111 Å². The summed E-state index contributed by atoms with van der Waals surface area (Å²) in [6, 6.07) is 13.7. The highest BCUT2D eigenvalue weighted by atomic mass is 16.5. The average Bonchev–Trinajstić information content (AvgIpc) is 2.95. The van der Waals surface area contributed by atoms with Crippen molar-refractivity contribution in [2.24, 2.45) is 11.8 Å². The average molecular weight is 537 g/mol. The van der Waals surface area contributed by atoms with E-state index in [1.165, 1.54) is 0 Å². The first-order valence-electron chi connectivity index (χ1n) is 13.9. The van der Waals surface area contributed by atoms with Crippen molar-refractivity contribution in [1.29, 1.82) is 0 Å². The van der Waals surface area contributed by atoms with Crippen LogP contribution in [0.5, 0.6) is 5.75 Å². The Morgan fingerprint density at radius 2 is 1.79 bits per heavy atom. The van der Waals surface area contributed by atoms with Crippen molar-refractivity contribution in [2.45, 2.75) is 58.1 Å². The second-order valence-electron chi connectivity index (χ2n) is 10.8. The molecule has 1 saturated carbocycles. The predicted molar refractivity (Wildman–Crippen MR) is 151 cm³/mol. The van der Waals surface area contributed by atoms with Crippen molar-refractivity contribution < 1.29 is 24.2 Å². The molecule has 0 unspecified atom stereocenters. The second-order valence-corrected chi connectivity index (χ2v) is 10.8. The minimum absolute atomic E-state index is 0.0126. The summed E-state index contributed by atoms with van der Waals surface area (Å²) in [5, 5.41) is 15.8. The monoisotopic (exact) mass is 536 g/mol. The lowest BCUT2D eigenvalue weighted by atomic mass is 9.88. The summed E-state index contributed by atoms with van der Waals surface area (Å²) in [4.78, 5) is 42.6. The zero-order valence-corrected chi connectivity index (χ0v) is 23.1. The van der Waals surface area contributed by atoms with Crippen molar-refractivity contribution >= 4 is 29.2 Å². The van der Waals surface area contributed by atoms with Gasteiger partial charge in [0, 0.05) is 36.8 Å². The molecule has 4 amide bonds. The van der Waals surface area contributed by atoms with Gasteiger partial charge in [-0.2, -0.15) is 0 Å². The molecule has 210 valence electrons. The van der Waals surface area contributed by atoms with Gasteiger partial charge in [0.2, 0.25) is 5.91 Å². The van der Waals surface area contributed by atoms with E-state index in [-0.39, 0.29) is 42.8 Å². The summed E-state index contributed by atoms with van der Waals surface area (Å²) in [6.45, 7) is 4.22. The number of ether oxygens (including phenoxy) is 1. The number of amides is 4. The van der Waals surface area contributed by atoms with Gasteiger partial charge in [-0.25, -0.2) is 4.79 Å². The van der Waals surface area contributed by atoms with Crippen molar-refractivity contribution in [1.82, 2.24) is 9.80 Å². The van der Waals surface area contributed by atoms with E-state index in [4.69, 9.17) is 4.74 Å². The van der Waals surface area contributed by atoms with E-state index in [0.717, 1.165) is 32.1 Å². The largest absolute Gasteiger partial charge is 0.487 e. The Hall–Kier alpha value is -3.59. The van der Waals surface area contributed by atoms with Crippen molar-refractivity contribution in [3.8, 4) is 5.75 Å². The van der Waals surface area contributed by atoms with Gasteiger partial charge >= 0.3 is 6.03 Å². The van der Waals surface area contributed by atoms with Crippen LogP contribution in [0.4, 0.5) is 16.2 Å². The summed E-state index contributed by atoms with van der Waals surface area (Å²) in [7, 11) is 1.71. The molecule has 1 heterocycles. The molecular formula is C30H40N4O5. The number of fused-ring (bicyclic) bond motifs is 1. The third-order valence-corrected chi connectivity index (χ3v) is 7.73. The quantitative estimate of drug-likeness (QED) is 0.479. The molecule has 1 aliphatic heterocycles. The zero-order chi connectivity index (χ0) is 27.9. The first-order chi connectivity index (χ1) is 18.8. The molecule has 0 aromatic heterocycles. The molecule has 4 rings (SSSR count). The van der Waals surface area contributed by atoms with Crippen LogP contribution in [0.15, 0.2) is 48.5 Å². The van der Waals surface area contributed by atoms with Crippen LogP contribution in [0.2, 0.25) is 0 Å². The van der Waals surface area contributed by atoms with Gasteiger partial charge in [-0.05, 0) is 50.1 Å². The molecule has 2 aromatic rings. The lowest BCUT2D eigenvalue weighted by Gasteiger charge is -2.38. The first-order valence-corrected chi connectivity index (χ1v) is 13.9. The van der Waals surface area contributed by atoms with Crippen LogP contribution >= 0.6 is 0 Å². The van der Waals surface area contributed by atoms with E-state index in [9.17, 15) is 19.5 Å². The van der Waals surface area contributed by atoms with Crippen LogP contribution in [0.3, 0.4) is 0 Å². The fraction of sp³-hybridized carbons (Fsp3) is 0.500. The van der Waals surface area contributed by atoms with Gasteiger partial charge in [-0.15, -0.1) is 0 Å². The molecule has 0 bridgehead atoms. The normalized spacial score (nSPS) is 20.6. The van der Waals surface area contributed by atoms with E-state index >= 15 is 0 Å². The Morgan fingerprint density at radius 3 is 2.49 bits per heavy atom. The molecule has 3 N–H and O–H groups in total. The van der Waals surface area contributed by atoms with Crippen molar-refractivity contribution in [2.75, 3.05) is 37.4 Å². The highest BCUT2D eigenvalue weighted by molar-refractivity contribution is 6.00. The van der Waals surface area contributed by atoms with Crippen LogP contribution in [0.1, 0.15) is 56.3 Å². The third-order valence-electron chi connectivity index (χ3n) is 7.73. The number of aliphatic hydroxyl groups excluding tert-OH is 1. The number of hydrogen-bond acceptors (Lipinski definition) is 5. The van der Waals surface area contributed by atoms with Crippen LogP contribution in [-0.4, -0.2) is 71.6 Å². The number of para-hydroxylation sites is 1. The molecule has 0 radical (unpaired) electrons. The van der Waals surface area contributed by atoms with Crippen LogP contribution in [-0.2, 0) is 4.79 Å². The number of nitrogens with one attached hydrogen (secondary N) is 2. The van der Waals surface area contributed by atoms with Crippen LogP contribution in [0.25, 0.3) is 0 Å². The third kappa shape index (κ3) is 7.09. The SMILES string of the molecule is C[C@@H]1CN([C@@H](C)CO)C(=O)c2cc(NC(=O)C3CCCCC3)ccc2O[C@H]1CN(C)C(=O)Nc1ccccc1. The van der Waals surface area contributed by atoms with Gasteiger partial charge in [0.25, 0.3) is 5.91 Å².